The predicted octanol–water partition coefficient (Wildman–Crippen LogP) is 9.28. The number of benzene rings is 2. The fourth-order valence-electron chi connectivity index (χ4n) is 6.14. The van der Waals surface area contributed by atoms with E-state index in [9.17, 15) is 5.11 Å². The molecule has 0 spiro atoms. The molecule has 36 heavy (non-hydrogen) atoms. The van der Waals surface area contributed by atoms with Crippen molar-refractivity contribution in [1.82, 2.24) is 4.57 Å². The van der Waals surface area contributed by atoms with Crippen molar-refractivity contribution in [3.05, 3.63) is 47.8 Å². The van der Waals surface area contributed by atoms with Crippen LogP contribution in [-0.2, 0) is 13.1 Å². The minimum Gasteiger partial charge on any atom is -0.508 e. The molecular formula is C33H47N2O+. The van der Waals surface area contributed by atoms with E-state index in [4.69, 9.17) is 0 Å². The van der Waals surface area contributed by atoms with Crippen LogP contribution in [0.5, 0.6) is 5.75 Å². The van der Waals surface area contributed by atoms with Gasteiger partial charge in [-0.15, -0.1) is 0 Å². The second kappa shape index (κ2) is 12.6. The molecule has 0 atom stereocenters. The molecule has 4 rings (SSSR count). The van der Waals surface area contributed by atoms with Crippen LogP contribution in [0.4, 0.5) is 0 Å². The number of rotatable bonds is 14. The maximum Gasteiger partial charge on any atom is 0.176 e. The van der Waals surface area contributed by atoms with E-state index in [0.717, 1.165) is 18.5 Å². The second-order valence-electron chi connectivity index (χ2n) is 10.8. The first kappa shape index (κ1) is 26.5. The molecule has 2 aromatic heterocycles. The Morgan fingerprint density at radius 3 is 2.00 bits per heavy atom. The van der Waals surface area contributed by atoms with Crippen LogP contribution in [0, 0.1) is 13.8 Å². The lowest BCUT2D eigenvalue weighted by atomic mass is 9.97. The fourth-order valence-corrected chi connectivity index (χ4v) is 6.14. The zero-order valence-electron chi connectivity index (χ0n) is 23.2. The highest BCUT2D eigenvalue weighted by Gasteiger charge is 2.19. The highest BCUT2D eigenvalue weighted by Crippen LogP contribution is 2.39. The number of pyridine rings is 1. The zero-order chi connectivity index (χ0) is 25.5. The molecule has 0 aliphatic rings. The lowest BCUT2D eigenvalue weighted by Crippen LogP contribution is -2.32. The highest BCUT2D eigenvalue weighted by atomic mass is 16.3. The van der Waals surface area contributed by atoms with Gasteiger partial charge < -0.3 is 9.67 Å². The number of nitrogens with zero attached hydrogens (tertiary/aromatic N) is 2. The molecule has 4 aromatic rings. The van der Waals surface area contributed by atoms with Gasteiger partial charge in [-0.25, -0.2) is 4.57 Å². The molecule has 0 radical (unpaired) electrons. The van der Waals surface area contributed by atoms with Crippen LogP contribution in [0.3, 0.4) is 0 Å². The highest BCUT2D eigenvalue weighted by molar-refractivity contribution is 6.17. The number of aromatic nitrogens is 2. The van der Waals surface area contributed by atoms with Gasteiger partial charge in [0.15, 0.2) is 12.4 Å². The third kappa shape index (κ3) is 5.71. The first-order chi connectivity index (χ1) is 17.6. The molecule has 0 amide bonds. The monoisotopic (exact) mass is 487 g/mol. The van der Waals surface area contributed by atoms with Crippen LogP contribution in [0.1, 0.15) is 102 Å². The summed E-state index contributed by atoms with van der Waals surface area (Å²) in [5.74, 6) is 0.338. The predicted molar refractivity (Wildman–Crippen MR) is 155 cm³/mol. The third-order valence-electron chi connectivity index (χ3n) is 8.19. The minimum absolute atomic E-state index is 0.338. The largest absolute Gasteiger partial charge is 0.508 e. The van der Waals surface area contributed by atoms with E-state index in [1.807, 2.05) is 6.07 Å². The standard InChI is InChI=1S/C33H46N2O/c1-5-7-8-9-10-11-12-13-14-15-16-17-21-34-22-20-28-26(4)33-32(25(3)30(28)24-34)29-23-27(36)18-19-31(29)35(33)6-2/h18-20,22-24H,5-17,21H2,1-4H3/p+1. The van der Waals surface area contributed by atoms with Gasteiger partial charge >= 0.3 is 0 Å². The maximum absolute atomic E-state index is 10.2. The smallest absolute Gasteiger partial charge is 0.176 e. The number of aryl methyl sites for hydroxylation is 4. The van der Waals surface area contributed by atoms with Crippen LogP contribution in [0.2, 0.25) is 0 Å². The Bertz CT molecular complexity index is 1300. The topological polar surface area (TPSA) is 29.0 Å². The Balaban J connectivity index is 1.39. The molecule has 0 unspecified atom stereocenters. The fraction of sp³-hybridized carbons (Fsp3) is 0.545. The second-order valence-corrected chi connectivity index (χ2v) is 10.8. The molecule has 0 aliphatic heterocycles. The molecule has 1 N–H and O–H groups in total. The Morgan fingerprint density at radius 1 is 0.722 bits per heavy atom. The normalized spacial score (nSPS) is 11.9. The summed E-state index contributed by atoms with van der Waals surface area (Å²) in [5.41, 5.74) is 5.16. The van der Waals surface area contributed by atoms with Gasteiger partial charge in [0.1, 0.15) is 12.3 Å². The van der Waals surface area contributed by atoms with Gasteiger partial charge in [0.25, 0.3) is 0 Å². The van der Waals surface area contributed by atoms with Crippen LogP contribution < -0.4 is 4.57 Å². The van der Waals surface area contributed by atoms with Gasteiger partial charge in [0, 0.05) is 40.7 Å². The summed E-state index contributed by atoms with van der Waals surface area (Å²) in [5, 5.41) is 15.3. The lowest BCUT2D eigenvalue weighted by Gasteiger charge is -2.11. The van der Waals surface area contributed by atoms with Crippen molar-refractivity contribution in [3.63, 3.8) is 0 Å². The van der Waals surface area contributed by atoms with Crippen molar-refractivity contribution in [2.24, 2.45) is 0 Å². The minimum atomic E-state index is 0.338. The molecular weight excluding hydrogens is 440 g/mol. The molecule has 2 aromatic carbocycles. The Hall–Kier alpha value is -2.55. The van der Waals surface area contributed by atoms with E-state index in [1.54, 1.807) is 6.07 Å². The lowest BCUT2D eigenvalue weighted by molar-refractivity contribution is -0.696. The summed E-state index contributed by atoms with van der Waals surface area (Å²) in [6.45, 7) is 11.0. The number of phenols is 1. The first-order valence-electron chi connectivity index (χ1n) is 14.6. The van der Waals surface area contributed by atoms with E-state index in [0.29, 0.717) is 5.75 Å². The van der Waals surface area contributed by atoms with Crippen molar-refractivity contribution in [2.45, 2.75) is 118 Å². The summed E-state index contributed by atoms with van der Waals surface area (Å²) in [7, 11) is 0. The van der Waals surface area contributed by atoms with Gasteiger partial charge in [-0.3, -0.25) is 0 Å². The van der Waals surface area contributed by atoms with Crippen molar-refractivity contribution in [1.29, 1.82) is 0 Å². The van der Waals surface area contributed by atoms with Crippen molar-refractivity contribution in [2.75, 3.05) is 0 Å². The first-order valence-corrected chi connectivity index (χ1v) is 14.6. The van der Waals surface area contributed by atoms with E-state index >= 15 is 0 Å². The Labute approximate surface area is 218 Å². The molecule has 0 aliphatic carbocycles. The quantitative estimate of drug-likeness (QED) is 0.139. The van der Waals surface area contributed by atoms with Crippen molar-refractivity contribution >= 4 is 32.6 Å². The molecule has 2 heterocycles. The van der Waals surface area contributed by atoms with Gasteiger partial charge in [-0.2, -0.15) is 0 Å². The van der Waals surface area contributed by atoms with Crippen LogP contribution >= 0.6 is 0 Å². The summed E-state index contributed by atoms with van der Waals surface area (Å²) in [6.07, 6.45) is 21.3. The number of hydrogen-bond acceptors (Lipinski definition) is 1. The van der Waals surface area contributed by atoms with Gasteiger partial charge in [0.05, 0.1) is 5.52 Å². The molecule has 0 saturated carbocycles. The number of hydrogen-bond donors (Lipinski definition) is 1. The molecule has 3 nitrogen and oxygen atoms in total. The average Bonchev–Trinajstić information content (AvgIpc) is 3.21. The summed E-state index contributed by atoms with van der Waals surface area (Å²) in [6, 6.07) is 8.12. The van der Waals surface area contributed by atoms with E-state index in [-0.39, 0.29) is 0 Å². The SMILES string of the molecule is CCCCCCCCCCCCCC[n+]1ccc2c(C)c3c(c(C)c2c1)c1cc(O)ccc1n3CC. The van der Waals surface area contributed by atoms with E-state index in [1.165, 1.54) is 115 Å². The van der Waals surface area contributed by atoms with Crippen molar-refractivity contribution < 1.29 is 9.67 Å². The summed E-state index contributed by atoms with van der Waals surface area (Å²) < 4.78 is 4.78. The number of fused-ring (bicyclic) bond motifs is 4. The van der Waals surface area contributed by atoms with Crippen LogP contribution in [-0.4, -0.2) is 9.67 Å². The number of aromatic hydroxyl groups is 1. The van der Waals surface area contributed by atoms with Gasteiger partial charge in [0.2, 0.25) is 0 Å². The molecule has 0 saturated heterocycles. The van der Waals surface area contributed by atoms with Gasteiger partial charge in [-0.05, 0) is 61.9 Å². The van der Waals surface area contributed by atoms with Gasteiger partial charge in [-0.1, -0.05) is 71.1 Å². The maximum atomic E-state index is 10.2. The molecule has 0 bridgehead atoms. The summed E-state index contributed by atoms with van der Waals surface area (Å²) >= 11 is 0. The Kier molecular flexibility index (Phi) is 9.29. The van der Waals surface area contributed by atoms with Crippen LogP contribution in [0.25, 0.3) is 32.6 Å². The Morgan fingerprint density at radius 2 is 1.36 bits per heavy atom. The average molecular weight is 488 g/mol. The van der Waals surface area contributed by atoms with Crippen molar-refractivity contribution in [3.8, 4) is 5.75 Å². The molecule has 3 heteroatoms. The zero-order valence-corrected chi connectivity index (χ0v) is 23.2. The van der Waals surface area contributed by atoms with E-state index in [2.05, 4.69) is 61.4 Å². The van der Waals surface area contributed by atoms with Crippen LogP contribution in [0.15, 0.2) is 36.7 Å². The molecule has 194 valence electrons. The number of phenolic OH excluding ortho intramolecular Hbond substituents is 1. The molecule has 0 fully saturated rings. The summed E-state index contributed by atoms with van der Waals surface area (Å²) in [4.78, 5) is 0. The third-order valence-corrected chi connectivity index (χ3v) is 8.19. The number of unbranched alkanes of at least 4 members (excludes halogenated alkanes) is 11. The van der Waals surface area contributed by atoms with E-state index < -0.39 is 0 Å².